The maximum absolute atomic E-state index is 15.2. The molecule has 0 spiro atoms. The van der Waals surface area contributed by atoms with Gasteiger partial charge in [-0.2, -0.15) is 105 Å². The average molecular weight is 1030 g/mol. The van der Waals surface area contributed by atoms with Gasteiger partial charge in [0.2, 0.25) is 0 Å². The van der Waals surface area contributed by atoms with Crippen LogP contribution in [0, 0.1) is 0 Å². The Bertz CT molecular complexity index is 1610. The Kier molecular flexibility index (Phi) is 10.0. The third-order valence-corrected chi connectivity index (χ3v) is 12.7. The van der Waals surface area contributed by atoms with Crippen LogP contribution in [-0.2, 0) is 18.9 Å². The minimum atomic E-state index is -8.13. The van der Waals surface area contributed by atoms with E-state index >= 15 is 79.0 Å². The molecule has 2 N–H and O–H groups in total. The molecular weight excluding hydrogens is 1010 g/mol. The number of aliphatic hydroxyl groups excluding tert-OH is 2. The molecule has 0 saturated heterocycles. The van der Waals surface area contributed by atoms with Gasteiger partial charge in [0, 0.05) is 6.61 Å². The first-order chi connectivity index (χ1) is 28.5. The van der Waals surface area contributed by atoms with Gasteiger partial charge in [-0.3, -0.25) is 0 Å². The number of aliphatic hydroxyl groups is 2. The van der Waals surface area contributed by atoms with Crippen molar-refractivity contribution in [2.75, 3.05) is 39.6 Å². The molecule has 8 bridgehead atoms. The van der Waals surface area contributed by atoms with Crippen LogP contribution in [0.3, 0.4) is 0 Å². The van der Waals surface area contributed by atoms with Gasteiger partial charge in [0.05, 0.1) is 39.1 Å². The summed E-state index contributed by atoms with van der Waals surface area (Å²) in [6, 6.07) is 0. The van der Waals surface area contributed by atoms with E-state index in [1.807, 2.05) is 0 Å². The van der Waals surface area contributed by atoms with E-state index in [-0.39, 0.29) is 0 Å². The number of ether oxygens (including phenoxy) is 4. The Morgan fingerprint density at radius 2 is 0.477 bits per heavy atom. The summed E-state index contributed by atoms with van der Waals surface area (Å²) in [6.45, 7) is -10.9. The van der Waals surface area contributed by atoms with Crippen molar-refractivity contribution in [3.05, 3.63) is 0 Å². The summed E-state index contributed by atoms with van der Waals surface area (Å²) in [7, 11) is 0. The second-order valence-corrected chi connectivity index (χ2v) is 15.6. The van der Waals surface area contributed by atoms with Crippen LogP contribution in [0.1, 0.15) is 6.42 Å². The molecular formula is C29H18F30O6. The van der Waals surface area contributed by atoms with Crippen LogP contribution in [0.25, 0.3) is 0 Å². The molecule has 0 amide bonds. The standard InChI is InChI=1S/C29H18F30O6/c30-10-18(36,37)11(31)20(40,41)12(32,19(10,38)39)26(52,53)16(24(10,48)49,25(11,50)51)64-6-8(60)1-2-62-3-4-63-5-9(61)7-65-17-27(54,55)13(33)21(42,43)14(34,28(17,56)57)23(46,47)15(35,22(13,44)45)29(17,58)59/h8-9,60-61H,1-7H2. The molecule has 0 aromatic carbocycles. The zero-order chi connectivity index (χ0) is 50.9. The van der Waals surface area contributed by atoms with Crippen molar-refractivity contribution in [1.29, 1.82) is 0 Å². The molecule has 6 nitrogen and oxygen atoms in total. The summed E-state index contributed by atoms with van der Waals surface area (Å²) >= 11 is 0. The van der Waals surface area contributed by atoms with Gasteiger partial charge in [0.1, 0.15) is 6.10 Å². The molecule has 8 aliphatic carbocycles. The van der Waals surface area contributed by atoms with Crippen molar-refractivity contribution in [3.63, 3.8) is 0 Å². The van der Waals surface area contributed by atoms with Crippen LogP contribution in [0.5, 0.6) is 0 Å². The molecule has 0 aromatic rings. The van der Waals surface area contributed by atoms with E-state index in [4.69, 9.17) is 0 Å². The van der Waals surface area contributed by atoms with Crippen LogP contribution in [0.15, 0.2) is 0 Å². The van der Waals surface area contributed by atoms with Gasteiger partial charge in [-0.1, -0.05) is 0 Å². The maximum Gasteiger partial charge on any atom is 0.339 e. The highest BCUT2D eigenvalue weighted by molar-refractivity contribution is 5.56. The Hall–Kier alpha value is -2.34. The van der Waals surface area contributed by atoms with Gasteiger partial charge < -0.3 is 29.2 Å². The third kappa shape index (κ3) is 3.95. The highest BCUT2D eigenvalue weighted by Gasteiger charge is 3.25. The molecule has 0 aromatic heterocycles. The fourth-order valence-electron chi connectivity index (χ4n) is 9.39. The first-order valence-corrected chi connectivity index (χ1v) is 17.0. The van der Waals surface area contributed by atoms with Gasteiger partial charge in [0.25, 0.3) is 11.2 Å². The van der Waals surface area contributed by atoms with Crippen molar-refractivity contribution in [3.8, 4) is 0 Å². The first-order valence-electron chi connectivity index (χ1n) is 17.0. The summed E-state index contributed by atoms with van der Waals surface area (Å²) in [5.74, 6) is -96.5. The molecule has 36 heteroatoms. The maximum atomic E-state index is 15.2. The van der Waals surface area contributed by atoms with E-state index < -0.39 is 175 Å². The summed E-state index contributed by atoms with van der Waals surface area (Å²) in [6.07, 6.45) is -7.55. The van der Waals surface area contributed by atoms with Crippen molar-refractivity contribution in [2.45, 2.75) is 135 Å². The Balaban J connectivity index is 1.09. The smallest absolute Gasteiger partial charge is 0.339 e. The molecule has 0 heterocycles. The van der Waals surface area contributed by atoms with E-state index in [1.54, 1.807) is 0 Å². The number of rotatable bonds is 14. The fraction of sp³-hybridized carbons (Fsp3) is 1.00. The minimum absolute atomic E-state index is 1.13. The monoisotopic (exact) mass is 1030 g/mol. The Morgan fingerprint density at radius 1 is 0.262 bits per heavy atom. The van der Waals surface area contributed by atoms with Gasteiger partial charge in [-0.15, -0.1) is 0 Å². The second-order valence-electron chi connectivity index (χ2n) is 15.6. The molecule has 8 rings (SSSR count). The van der Waals surface area contributed by atoms with E-state index in [0.29, 0.717) is 0 Å². The zero-order valence-corrected chi connectivity index (χ0v) is 30.0. The minimum Gasteiger partial charge on any atom is -0.391 e. The molecule has 0 radical (unpaired) electrons. The number of hydrogen-bond donors (Lipinski definition) is 2. The van der Waals surface area contributed by atoms with E-state index in [1.165, 1.54) is 0 Å². The average Bonchev–Trinajstić information content (AvgIpc) is 3.14. The van der Waals surface area contributed by atoms with Crippen LogP contribution in [-0.4, -0.2) is 178 Å². The summed E-state index contributed by atoms with van der Waals surface area (Å²) in [4.78, 5) is 0. The lowest BCUT2D eigenvalue weighted by atomic mass is 9.40. The van der Waals surface area contributed by atoms with Crippen LogP contribution >= 0.6 is 0 Å². The molecule has 2 atom stereocenters. The van der Waals surface area contributed by atoms with Crippen LogP contribution in [0.4, 0.5) is 132 Å². The lowest BCUT2D eigenvalue weighted by molar-refractivity contribution is -0.619. The van der Waals surface area contributed by atoms with Gasteiger partial charge in [-0.25, -0.2) is 26.3 Å². The van der Waals surface area contributed by atoms with Crippen molar-refractivity contribution >= 4 is 0 Å². The normalized spacial score (nSPS) is 46.5. The molecule has 2 unspecified atom stereocenters. The second kappa shape index (κ2) is 12.5. The number of alkyl halides is 30. The van der Waals surface area contributed by atoms with Crippen molar-refractivity contribution in [2.24, 2.45) is 0 Å². The molecule has 8 fully saturated rings. The molecule has 8 aliphatic rings. The highest BCUT2D eigenvalue weighted by Crippen LogP contribution is 2.91. The SMILES string of the molecule is OC(CCOCCOCC(O)COC12C(F)(F)C3(F)C(F)(F)C(F)(C(F)(F)C(F)(C3(F)F)C1(F)F)C2(F)F)COC12C(F)(F)C3(F)C(F)(F)C(F)(C(F)(F)C(F)(C3(F)F)C1(F)F)C2(F)F. The topological polar surface area (TPSA) is 77.4 Å². The Labute approximate surface area is 336 Å². The molecule has 65 heavy (non-hydrogen) atoms. The highest BCUT2D eigenvalue weighted by atomic mass is 19.4. The van der Waals surface area contributed by atoms with Crippen LogP contribution < -0.4 is 0 Å². The van der Waals surface area contributed by atoms with Crippen LogP contribution in [0.2, 0.25) is 0 Å². The zero-order valence-electron chi connectivity index (χ0n) is 30.0. The van der Waals surface area contributed by atoms with Gasteiger partial charge in [0.15, 0.2) is 0 Å². The fourth-order valence-corrected chi connectivity index (χ4v) is 9.39. The third-order valence-electron chi connectivity index (χ3n) is 12.7. The quantitative estimate of drug-likeness (QED) is 0.138. The van der Waals surface area contributed by atoms with Gasteiger partial charge in [-0.05, 0) is 6.42 Å². The lowest BCUT2D eigenvalue weighted by Gasteiger charge is -2.74. The first kappa shape index (κ1) is 52.0. The Morgan fingerprint density at radius 3 is 0.723 bits per heavy atom. The van der Waals surface area contributed by atoms with E-state index in [9.17, 15) is 62.9 Å². The van der Waals surface area contributed by atoms with E-state index in [2.05, 4.69) is 18.9 Å². The number of halogens is 30. The lowest BCUT2D eigenvalue weighted by Crippen LogP contribution is -3.10. The molecule has 380 valence electrons. The van der Waals surface area contributed by atoms with Gasteiger partial charge >= 0.3 is 105 Å². The summed E-state index contributed by atoms with van der Waals surface area (Å²) in [5, 5.41) is 19.6. The largest absolute Gasteiger partial charge is 0.391 e. The predicted octanol–water partition coefficient (Wildman–Crippen LogP) is 7.60. The van der Waals surface area contributed by atoms with Crippen molar-refractivity contribution < 1.29 is 161 Å². The summed E-state index contributed by atoms with van der Waals surface area (Å²) < 4.78 is 462. The predicted molar refractivity (Wildman–Crippen MR) is 138 cm³/mol. The van der Waals surface area contributed by atoms with E-state index in [0.717, 1.165) is 0 Å². The number of hydrogen-bond acceptors (Lipinski definition) is 6. The molecule has 0 aliphatic heterocycles. The summed E-state index contributed by atoms with van der Waals surface area (Å²) in [5.41, 5.74) is -62.8. The molecule has 8 saturated carbocycles. The van der Waals surface area contributed by atoms with Crippen molar-refractivity contribution in [1.82, 2.24) is 0 Å².